The molecule has 160 valence electrons. The van der Waals surface area contributed by atoms with Gasteiger partial charge in [0.2, 0.25) is 5.91 Å². The van der Waals surface area contributed by atoms with Gasteiger partial charge in [-0.3, -0.25) is 9.69 Å². The second kappa shape index (κ2) is 8.77. The minimum atomic E-state index is -0.390. The number of anilines is 1. The van der Waals surface area contributed by atoms with Gasteiger partial charge in [0.25, 0.3) is 0 Å². The summed E-state index contributed by atoms with van der Waals surface area (Å²) in [7, 11) is 1.60. The number of methoxy groups -OCH3 is 1. The lowest BCUT2D eigenvalue weighted by atomic mass is 10.1. The van der Waals surface area contributed by atoms with E-state index in [-0.39, 0.29) is 16.5 Å². The van der Waals surface area contributed by atoms with Crippen LogP contribution in [0.5, 0.6) is 5.75 Å². The van der Waals surface area contributed by atoms with E-state index >= 15 is 0 Å². The minimum absolute atomic E-state index is 0.0234. The second-order valence-electron chi connectivity index (χ2n) is 7.03. The molecule has 1 aromatic heterocycles. The quantitative estimate of drug-likeness (QED) is 0.386. The Bertz CT molecular complexity index is 1150. The summed E-state index contributed by atoms with van der Waals surface area (Å²) in [6.07, 6.45) is 0. The molecule has 2 aromatic carbocycles. The number of halogens is 1. The topological polar surface area (TPSA) is 68.7 Å². The second-order valence-corrected chi connectivity index (χ2v) is 8.82. The molecule has 31 heavy (non-hydrogen) atoms. The minimum Gasteiger partial charge on any atom is -0.497 e. The van der Waals surface area contributed by atoms with E-state index in [1.807, 2.05) is 31.2 Å². The van der Waals surface area contributed by atoms with Crippen LogP contribution in [0.25, 0.3) is 10.9 Å². The highest BCUT2D eigenvalue weighted by Crippen LogP contribution is 2.47. The van der Waals surface area contributed by atoms with Crippen molar-refractivity contribution in [2.24, 2.45) is 0 Å². The van der Waals surface area contributed by atoms with E-state index in [0.717, 1.165) is 16.5 Å². The highest BCUT2D eigenvalue weighted by molar-refractivity contribution is 8.01. The highest BCUT2D eigenvalue weighted by atomic mass is 35.5. The number of hydrogen-bond acceptors (Lipinski definition) is 6. The maximum atomic E-state index is 13.0. The Balaban J connectivity index is 1.72. The summed E-state index contributed by atoms with van der Waals surface area (Å²) < 4.78 is 10.3. The zero-order valence-electron chi connectivity index (χ0n) is 17.3. The number of fused-ring (bicyclic) bond motifs is 1. The number of ether oxygens (including phenoxy) is 2. The maximum absolute atomic E-state index is 13.0. The third-order valence-corrected chi connectivity index (χ3v) is 6.72. The molecule has 1 amide bonds. The Hall–Kier alpha value is -2.77. The van der Waals surface area contributed by atoms with Crippen molar-refractivity contribution in [3.63, 3.8) is 0 Å². The number of thioether (sulfide) groups is 1. The summed E-state index contributed by atoms with van der Waals surface area (Å²) in [5, 5.41) is 0.679. The van der Waals surface area contributed by atoms with Crippen LogP contribution in [0, 0.1) is 0 Å². The number of amides is 1. The van der Waals surface area contributed by atoms with E-state index < -0.39 is 5.97 Å². The molecule has 0 aliphatic carbocycles. The lowest BCUT2D eigenvalue weighted by Gasteiger charge is -2.25. The maximum Gasteiger partial charge on any atom is 0.338 e. The van der Waals surface area contributed by atoms with Crippen molar-refractivity contribution in [1.82, 2.24) is 4.98 Å². The molecule has 0 N–H and O–H groups in total. The summed E-state index contributed by atoms with van der Waals surface area (Å²) in [6, 6.07) is 14.4. The van der Waals surface area contributed by atoms with Crippen molar-refractivity contribution in [3.8, 4) is 5.75 Å². The number of aromatic nitrogens is 1. The zero-order valence-corrected chi connectivity index (χ0v) is 18.9. The lowest BCUT2D eigenvalue weighted by molar-refractivity contribution is -0.117. The number of rotatable bonds is 5. The number of esters is 1. The number of benzene rings is 2. The fourth-order valence-electron chi connectivity index (χ4n) is 3.51. The molecule has 1 aliphatic heterocycles. The average molecular weight is 457 g/mol. The SMILES string of the molecule is CCOC(=O)c1ccc(N2C(=O)C(C)SC2c2cc3ccc(OC)cc3nc2Cl)cc1. The first-order valence-electron chi connectivity index (χ1n) is 9.82. The van der Waals surface area contributed by atoms with Crippen molar-refractivity contribution in [3.05, 3.63) is 64.8 Å². The first-order valence-corrected chi connectivity index (χ1v) is 11.1. The zero-order chi connectivity index (χ0) is 22.1. The number of hydrogen-bond donors (Lipinski definition) is 0. The van der Waals surface area contributed by atoms with Gasteiger partial charge in [0.15, 0.2) is 0 Å². The fourth-order valence-corrected chi connectivity index (χ4v) is 5.12. The molecule has 6 nitrogen and oxygen atoms in total. The van der Waals surface area contributed by atoms with Gasteiger partial charge in [-0.25, -0.2) is 9.78 Å². The summed E-state index contributed by atoms with van der Waals surface area (Å²) in [4.78, 5) is 31.2. The van der Waals surface area contributed by atoms with E-state index in [2.05, 4.69) is 4.98 Å². The fraction of sp³-hybridized carbons (Fsp3) is 0.261. The van der Waals surface area contributed by atoms with Gasteiger partial charge in [0.1, 0.15) is 16.3 Å². The van der Waals surface area contributed by atoms with Gasteiger partial charge in [-0.05, 0) is 56.3 Å². The van der Waals surface area contributed by atoms with Crippen LogP contribution in [0.1, 0.15) is 35.1 Å². The number of carbonyl (C=O) groups excluding carboxylic acids is 2. The van der Waals surface area contributed by atoms with Crippen molar-refractivity contribution in [2.75, 3.05) is 18.6 Å². The van der Waals surface area contributed by atoms with Gasteiger partial charge in [-0.15, -0.1) is 11.8 Å². The molecule has 1 aliphatic rings. The molecule has 0 bridgehead atoms. The molecule has 2 unspecified atom stereocenters. The number of nitrogens with zero attached hydrogens (tertiary/aromatic N) is 2. The molecule has 8 heteroatoms. The molecule has 0 spiro atoms. The van der Waals surface area contributed by atoms with Gasteiger partial charge in [0.05, 0.1) is 30.0 Å². The first-order chi connectivity index (χ1) is 14.9. The molecule has 2 heterocycles. The largest absolute Gasteiger partial charge is 0.497 e. The van der Waals surface area contributed by atoms with Crippen LogP contribution in [-0.2, 0) is 9.53 Å². The van der Waals surface area contributed by atoms with E-state index in [4.69, 9.17) is 21.1 Å². The van der Waals surface area contributed by atoms with Crippen LogP contribution >= 0.6 is 23.4 Å². The standard InChI is InChI=1S/C23H21ClN2O4S/c1-4-30-23(28)14-5-8-16(9-6-14)26-21(27)13(2)31-22(26)18-11-15-7-10-17(29-3)12-19(15)25-20(18)24/h5-13,22H,4H2,1-3H3. The molecule has 1 fully saturated rings. The van der Waals surface area contributed by atoms with Crippen LogP contribution in [0.4, 0.5) is 5.69 Å². The van der Waals surface area contributed by atoms with Gasteiger partial charge < -0.3 is 9.47 Å². The first kappa shape index (κ1) is 21.5. The van der Waals surface area contributed by atoms with Gasteiger partial charge in [0, 0.05) is 22.7 Å². The summed E-state index contributed by atoms with van der Waals surface area (Å²) in [5.74, 6) is 0.286. The van der Waals surface area contributed by atoms with Gasteiger partial charge in [-0.1, -0.05) is 11.6 Å². The highest BCUT2D eigenvalue weighted by Gasteiger charge is 2.40. The van der Waals surface area contributed by atoms with Crippen LogP contribution in [-0.4, -0.2) is 35.8 Å². The predicted molar refractivity (Wildman–Crippen MR) is 123 cm³/mol. The Morgan fingerprint density at radius 2 is 1.94 bits per heavy atom. The molecule has 0 radical (unpaired) electrons. The van der Waals surface area contributed by atoms with Crippen molar-refractivity contribution < 1.29 is 19.1 Å². The van der Waals surface area contributed by atoms with Crippen LogP contribution < -0.4 is 9.64 Å². The summed E-state index contributed by atoms with van der Waals surface area (Å²) in [6.45, 7) is 3.94. The van der Waals surface area contributed by atoms with Crippen LogP contribution in [0.15, 0.2) is 48.5 Å². The average Bonchev–Trinajstić information content (AvgIpc) is 3.07. The number of pyridine rings is 1. The Morgan fingerprint density at radius 3 is 2.61 bits per heavy atom. The molecular weight excluding hydrogens is 436 g/mol. The molecule has 4 rings (SSSR count). The summed E-state index contributed by atoms with van der Waals surface area (Å²) >= 11 is 8.08. The predicted octanol–water partition coefficient (Wildman–Crippen LogP) is 5.24. The molecular formula is C23H21ClN2O4S. The van der Waals surface area contributed by atoms with Gasteiger partial charge in [-0.2, -0.15) is 0 Å². The summed E-state index contributed by atoms with van der Waals surface area (Å²) in [5.41, 5.74) is 2.61. The smallest absolute Gasteiger partial charge is 0.338 e. The van der Waals surface area contributed by atoms with E-state index in [1.54, 1.807) is 43.2 Å². The van der Waals surface area contributed by atoms with E-state index in [1.165, 1.54) is 11.8 Å². The van der Waals surface area contributed by atoms with E-state index in [0.29, 0.717) is 28.8 Å². The van der Waals surface area contributed by atoms with Crippen molar-refractivity contribution in [1.29, 1.82) is 0 Å². The van der Waals surface area contributed by atoms with E-state index in [9.17, 15) is 9.59 Å². The third kappa shape index (κ3) is 4.07. The van der Waals surface area contributed by atoms with Gasteiger partial charge >= 0.3 is 5.97 Å². The van der Waals surface area contributed by atoms with Crippen molar-refractivity contribution >= 4 is 51.8 Å². The van der Waals surface area contributed by atoms with Crippen LogP contribution in [0.3, 0.4) is 0 Å². The third-order valence-electron chi connectivity index (χ3n) is 5.08. The monoisotopic (exact) mass is 456 g/mol. The molecule has 0 saturated carbocycles. The van der Waals surface area contributed by atoms with Crippen LogP contribution in [0.2, 0.25) is 5.15 Å². The Morgan fingerprint density at radius 1 is 1.19 bits per heavy atom. The normalized spacial score (nSPS) is 18.5. The lowest BCUT2D eigenvalue weighted by Crippen LogP contribution is -2.30. The number of carbonyl (C=O) groups is 2. The Kier molecular flexibility index (Phi) is 6.07. The molecule has 2 atom stereocenters. The molecule has 3 aromatic rings. The Labute approximate surface area is 189 Å². The van der Waals surface area contributed by atoms with Crippen molar-refractivity contribution in [2.45, 2.75) is 24.5 Å². The molecule has 1 saturated heterocycles.